The van der Waals surface area contributed by atoms with E-state index in [2.05, 4.69) is 10.1 Å². The first-order valence-corrected chi connectivity index (χ1v) is 6.22. The van der Waals surface area contributed by atoms with Crippen LogP contribution in [-0.2, 0) is 4.74 Å². The molecule has 0 aliphatic carbocycles. The molecule has 0 fully saturated rings. The lowest BCUT2D eigenvalue weighted by Gasteiger charge is -2.13. The van der Waals surface area contributed by atoms with Gasteiger partial charge in [-0.2, -0.15) is 0 Å². The maximum Gasteiger partial charge on any atom is 0.373 e. The highest BCUT2D eigenvalue weighted by atomic mass is 19.1. The van der Waals surface area contributed by atoms with Crippen molar-refractivity contribution < 1.29 is 18.3 Å². The zero-order valence-electron chi connectivity index (χ0n) is 11.6. The Bertz CT molecular complexity index is 621. The molecule has 0 aliphatic rings. The van der Waals surface area contributed by atoms with Gasteiger partial charge < -0.3 is 14.5 Å². The van der Waals surface area contributed by atoms with Gasteiger partial charge in [-0.05, 0) is 43.7 Å². The van der Waals surface area contributed by atoms with E-state index < -0.39 is 5.97 Å². The molecule has 1 N–H and O–H groups in total. The first kappa shape index (κ1) is 14.1. The second-order valence-corrected chi connectivity index (χ2v) is 4.54. The average Bonchev–Trinajstić information content (AvgIpc) is 2.90. The molecule has 4 nitrogen and oxygen atoms in total. The van der Waals surface area contributed by atoms with Gasteiger partial charge in [0, 0.05) is 0 Å². The second-order valence-electron chi connectivity index (χ2n) is 4.54. The smallest absolute Gasteiger partial charge is 0.373 e. The van der Waals surface area contributed by atoms with Crippen molar-refractivity contribution in [3.63, 3.8) is 0 Å². The fourth-order valence-electron chi connectivity index (χ4n) is 1.84. The van der Waals surface area contributed by atoms with Gasteiger partial charge in [0.2, 0.25) is 5.76 Å². The summed E-state index contributed by atoms with van der Waals surface area (Å²) in [5.41, 5.74) is 1.24. The van der Waals surface area contributed by atoms with Crippen LogP contribution in [0, 0.1) is 12.7 Å². The monoisotopic (exact) mass is 277 g/mol. The molecule has 2 aromatic rings. The summed E-state index contributed by atoms with van der Waals surface area (Å²) in [7, 11) is 1.29. The Morgan fingerprint density at radius 1 is 1.35 bits per heavy atom. The Balaban J connectivity index is 2.13. The van der Waals surface area contributed by atoms with Crippen molar-refractivity contribution in [1.29, 1.82) is 0 Å². The summed E-state index contributed by atoms with van der Waals surface area (Å²) >= 11 is 0. The topological polar surface area (TPSA) is 51.5 Å². The maximum absolute atomic E-state index is 13.7. The zero-order valence-corrected chi connectivity index (χ0v) is 11.6. The predicted molar refractivity (Wildman–Crippen MR) is 73.2 cm³/mol. The molecule has 1 aromatic heterocycles. The van der Waals surface area contributed by atoms with E-state index >= 15 is 0 Å². The number of furan rings is 1. The third kappa shape index (κ3) is 2.99. The van der Waals surface area contributed by atoms with Crippen molar-refractivity contribution in [3.8, 4) is 0 Å². The molecule has 0 bridgehead atoms. The molecule has 0 amide bonds. The van der Waals surface area contributed by atoms with E-state index in [1.54, 1.807) is 12.1 Å². The molecule has 106 valence electrons. The van der Waals surface area contributed by atoms with Gasteiger partial charge in [0.05, 0.1) is 18.8 Å². The van der Waals surface area contributed by atoms with Gasteiger partial charge in [-0.1, -0.05) is 6.07 Å². The van der Waals surface area contributed by atoms with E-state index in [0.29, 0.717) is 11.4 Å². The van der Waals surface area contributed by atoms with Crippen LogP contribution in [0.3, 0.4) is 0 Å². The number of hydrogen-bond acceptors (Lipinski definition) is 4. The fraction of sp³-hybridized carbons (Fsp3) is 0.267. The van der Waals surface area contributed by atoms with E-state index in [1.165, 1.54) is 19.2 Å². The quantitative estimate of drug-likeness (QED) is 0.866. The number of carbonyl (C=O) groups is 1. The minimum atomic E-state index is -0.537. The molecule has 0 radical (unpaired) electrons. The number of esters is 1. The second kappa shape index (κ2) is 5.77. The molecule has 0 aliphatic heterocycles. The minimum Gasteiger partial charge on any atom is -0.463 e. The number of aryl methyl sites for hydroxylation is 1. The number of nitrogens with one attached hydrogen (secondary N) is 1. The van der Waals surface area contributed by atoms with Crippen molar-refractivity contribution in [2.75, 3.05) is 12.4 Å². The van der Waals surface area contributed by atoms with Crippen LogP contribution < -0.4 is 5.32 Å². The summed E-state index contributed by atoms with van der Waals surface area (Å²) < 4.78 is 23.7. The number of benzene rings is 1. The normalized spacial score (nSPS) is 12.0. The summed E-state index contributed by atoms with van der Waals surface area (Å²) in [6, 6.07) is 7.87. The Labute approximate surface area is 116 Å². The van der Waals surface area contributed by atoms with Crippen LogP contribution in [0.1, 0.15) is 34.8 Å². The van der Waals surface area contributed by atoms with E-state index in [1.807, 2.05) is 19.9 Å². The molecule has 1 aromatic carbocycles. The van der Waals surface area contributed by atoms with E-state index in [0.717, 1.165) is 5.56 Å². The van der Waals surface area contributed by atoms with Crippen molar-refractivity contribution >= 4 is 11.7 Å². The standard InChI is InChI=1S/C15H16FNO3/c1-9-4-5-12(11(16)8-9)17-10(2)13-6-7-14(20-13)15(18)19-3/h4-8,10,17H,1-3H3. The lowest BCUT2D eigenvalue weighted by Crippen LogP contribution is -2.07. The average molecular weight is 277 g/mol. The van der Waals surface area contributed by atoms with Crippen LogP contribution in [0.5, 0.6) is 0 Å². The third-order valence-electron chi connectivity index (χ3n) is 2.94. The first-order valence-electron chi connectivity index (χ1n) is 6.22. The van der Waals surface area contributed by atoms with Gasteiger partial charge in [-0.15, -0.1) is 0 Å². The van der Waals surface area contributed by atoms with Crippen LogP contribution in [0.25, 0.3) is 0 Å². The Kier molecular flexibility index (Phi) is 4.08. The number of hydrogen-bond donors (Lipinski definition) is 1. The SMILES string of the molecule is COC(=O)c1ccc(C(C)Nc2ccc(C)cc2F)o1. The van der Waals surface area contributed by atoms with Crippen molar-refractivity contribution in [2.24, 2.45) is 0 Å². The molecular weight excluding hydrogens is 261 g/mol. The third-order valence-corrected chi connectivity index (χ3v) is 2.94. The van der Waals surface area contributed by atoms with Crippen molar-refractivity contribution in [2.45, 2.75) is 19.9 Å². The summed E-state index contributed by atoms with van der Waals surface area (Å²) in [6.45, 7) is 3.64. The number of methoxy groups -OCH3 is 1. The summed E-state index contributed by atoms with van der Waals surface area (Å²) in [5, 5.41) is 3.00. The maximum atomic E-state index is 13.7. The lowest BCUT2D eigenvalue weighted by molar-refractivity contribution is 0.0562. The van der Waals surface area contributed by atoms with Gasteiger partial charge in [0.25, 0.3) is 0 Å². The highest BCUT2D eigenvalue weighted by molar-refractivity contribution is 5.86. The molecule has 0 saturated heterocycles. The molecule has 1 unspecified atom stereocenters. The number of ether oxygens (including phenoxy) is 1. The van der Waals surface area contributed by atoms with Gasteiger partial charge in [-0.25, -0.2) is 9.18 Å². The Hall–Kier alpha value is -2.30. The minimum absolute atomic E-state index is 0.125. The van der Waals surface area contributed by atoms with Gasteiger partial charge >= 0.3 is 5.97 Å². The molecule has 20 heavy (non-hydrogen) atoms. The van der Waals surface area contributed by atoms with Crippen LogP contribution in [-0.4, -0.2) is 13.1 Å². The van der Waals surface area contributed by atoms with Crippen LogP contribution >= 0.6 is 0 Å². The molecule has 2 rings (SSSR count). The van der Waals surface area contributed by atoms with Crippen molar-refractivity contribution in [1.82, 2.24) is 0 Å². The molecule has 5 heteroatoms. The fourth-order valence-corrected chi connectivity index (χ4v) is 1.84. The van der Waals surface area contributed by atoms with Crippen LogP contribution in [0.2, 0.25) is 0 Å². The van der Waals surface area contributed by atoms with E-state index in [-0.39, 0.29) is 17.6 Å². The van der Waals surface area contributed by atoms with Gasteiger partial charge in [0.15, 0.2) is 0 Å². The van der Waals surface area contributed by atoms with E-state index in [9.17, 15) is 9.18 Å². The first-order chi connectivity index (χ1) is 9.51. The number of halogens is 1. The van der Waals surface area contributed by atoms with E-state index in [4.69, 9.17) is 4.42 Å². The largest absolute Gasteiger partial charge is 0.463 e. The number of anilines is 1. The van der Waals surface area contributed by atoms with Gasteiger partial charge in [0.1, 0.15) is 11.6 Å². The Morgan fingerprint density at radius 3 is 2.75 bits per heavy atom. The van der Waals surface area contributed by atoms with Gasteiger partial charge in [-0.3, -0.25) is 0 Å². The number of rotatable bonds is 4. The molecule has 0 spiro atoms. The summed E-state index contributed by atoms with van der Waals surface area (Å²) in [5.74, 6) is -0.201. The summed E-state index contributed by atoms with van der Waals surface area (Å²) in [6.07, 6.45) is 0. The Morgan fingerprint density at radius 2 is 2.10 bits per heavy atom. The van der Waals surface area contributed by atoms with Crippen LogP contribution in [0.15, 0.2) is 34.7 Å². The highest BCUT2D eigenvalue weighted by Crippen LogP contribution is 2.24. The van der Waals surface area contributed by atoms with Crippen molar-refractivity contribution in [3.05, 3.63) is 53.2 Å². The highest BCUT2D eigenvalue weighted by Gasteiger charge is 2.16. The molecule has 0 saturated carbocycles. The molecular formula is C15H16FNO3. The predicted octanol–water partition coefficient (Wildman–Crippen LogP) is 3.69. The lowest BCUT2D eigenvalue weighted by atomic mass is 10.2. The summed E-state index contributed by atoms with van der Waals surface area (Å²) in [4.78, 5) is 11.3. The number of carbonyl (C=O) groups excluding carboxylic acids is 1. The molecule has 1 atom stereocenters. The van der Waals surface area contributed by atoms with Crippen LogP contribution in [0.4, 0.5) is 10.1 Å². The zero-order chi connectivity index (χ0) is 14.7. The molecule has 1 heterocycles.